The van der Waals surface area contributed by atoms with Crippen LogP contribution < -0.4 is 4.74 Å². The molecule has 2 heterocycles. The van der Waals surface area contributed by atoms with E-state index < -0.39 is 11.7 Å². The molecular formula is C23H23F3N4O3. The van der Waals surface area contributed by atoms with Crippen molar-refractivity contribution in [2.24, 2.45) is 0 Å². The van der Waals surface area contributed by atoms with Crippen molar-refractivity contribution in [1.29, 1.82) is 0 Å². The van der Waals surface area contributed by atoms with Gasteiger partial charge in [0.2, 0.25) is 17.6 Å². The second-order valence-electron chi connectivity index (χ2n) is 7.66. The summed E-state index contributed by atoms with van der Waals surface area (Å²) in [5.41, 5.74) is -0.519. The first-order chi connectivity index (χ1) is 15.9. The summed E-state index contributed by atoms with van der Waals surface area (Å²) in [6.07, 6.45) is -4.13. The number of carbonyl (C=O) groups is 1. The van der Waals surface area contributed by atoms with Gasteiger partial charge in [0.1, 0.15) is 5.75 Å². The van der Waals surface area contributed by atoms with Crippen LogP contribution in [0.1, 0.15) is 17.9 Å². The Labute approximate surface area is 188 Å². The fourth-order valence-electron chi connectivity index (χ4n) is 3.55. The van der Waals surface area contributed by atoms with Gasteiger partial charge in [0.25, 0.3) is 0 Å². The molecule has 174 valence electrons. The van der Waals surface area contributed by atoms with Crippen molar-refractivity contribution in [2.75, 3.05) is 32.8 Å². The first-order valence-corrected chi connectivity index (χ1v) is 10.6. The molecule has 10 heteroatoms. The Hall–Kier alpha value is -3.40. The molecule has 1 aliphatic rings. The van der Waals surface area contributed by atoms with E-state index in [1.54, 1.807) is 4.90 Å². The van der Waals surface area contributed by atoms with Gasteiger partial charge in [-0.25, -0.2) is 0 Å². The molecule has 0 aliphatic carbocycles. The molecule has 33 heavy (non-hydrogen) atoms. The zero-order valence-electron chi connectivity index (χ0n) is 17.8. The Morgan fingerprint density at radius 2 is 1.79 bits per heavy atom. The van der Waals surface area contributed by atoms with Gasteiger partial charge in [-0.2, -0.15) is 18.2 Å². The average Bonchev–Trinajstić information content (AvgIpc) is 3.28. The van der Waals surface area contributed by atoms with Crippen LogP contribution in [0.2, 0.25) is 0 Å². The van der Waals surface area contributed by atoms with Gasteiger partial charge in [-0.05, 0) is 24.3 Å². The number of carbonyl (C=O) groups excluding carboxylic acids is 1. The Bertz CT molecular complexity index is 1060. The number of piperazine rings is 1. The number of benzene rings is 2. The van der Waals surface area contributed by atoms with Crippen LogP contribution in [0.4, 0.5) is 13.2 Å². The summed E-state index contributed by atoms with van der Waals surface area (Å²) in [6.45, 7) is 3.09. The number of halogens is 3. The zero-order valence-corrected chi connectivity index (χ0v) is 17.8. The van der Waals surface area contributed by atoms with Crippen molar-refractivity contribution in [2.45, 2.75) is 19.1 Å². The van der Waals surface area contributed by atoms with E-state index in [2.05, 4.69) is 15.0 Å². The quantitative estimate of drug-likeness (QED) is 0.533. The fraction of sp³-hybridized carbons (Fsp3) is 0.348. The third kappa shape index (κ3) is 6.10. The number of amides is 1. The predicted molar refractivity (Wildman–Crippen MR) is 113 cm³/mol. The van der Waals surface area contributed by atoms with Crippen LogP contribution in [-0.2, 0) is 17.5 Å². The summed E-state index contributed by atoms with van der Waals surface area (Å²) in [4.78, 5) is 20.5. The number of alkyl halides is 3. The Morgan fingerprint density at radius 1 is 1.03 bits per heavy atom. The second kappa shape index (κ2) is 10.0. The molecular weight excluding hydrogens is 437 g/mol. The van der Waals surface area contributed by atoms with Gasteiger partial charge in [-0.3, -0.25) is 9.69 Å². The minimum atomic E-state index is -4.44. The molecule has 0 N–H and O–H groups in total. The molecule has 0 bridgehead atoms. The molecule has 1 saturated heterocycles. The third-order valence-corrected chi connectivity index (χ3v) is 5.33. The summed E-state index contributed by atoms with van der Waals surface area (Å²) in [7, 11) is 0. The molecule has 0 atom stereocenters. The molecule has 0 radical (unpaired) electrons. The summed E-state index contributed by atoms with van der Waals surface area (Å²) < 4.78 is 49.6. The maximum Gasteiger partial charge on any atom is 0.416 e. The Morgan fingerprint density at radius 3 is 2.52 bits per heavy atom. The van der Waals surface area contributed by atoms with Gasteiger partial charge in [0.05, 0.1) is 25.1 Å². The van der Waals surface area contributed by atoms with Crippen LogP contribution in [-0.4, -0.2) is 58.6 Å². The molecule has 2 aromatic carbocycles. The largest absolute Gasteiger partial charge is 0.493 e. The SMILES string of the molecule is O=C(CCOc1ccccc1)N1CCN(Cc2nc(-c3cccc(C(F)(F)F)c3)no2)CC1. The molecule has 4 rings (SSSR count). The van der Waals surface area contributed by atoms with Gasteiger partial charge in [0, 0.05) is 31.7 Å². The van der Waals surface area contributed by atoms with E-state index in [0.29, 0.717) is 51.6 Å². The topological polar surface area (TPSA) is 71.7 Å². The highest BCUT2D eigenvalue weighted by Gasteiger charge is 2.31. The summed E-state index contributed by atoms with van der Waals surface area (Å²) in [5, 5.41) is 3.82. The average molecular weight is 460 g/mol. The first kappa shape index (κ1) is 22.8. The van der Waals surface area contributed by atoms with Gasteiger partial charge in [-0.1, -0.05) is 35.5 Å². The van der Waals surface area contributed by atoms with Gasteiger partial charge in [0.15, 0.2) is 0 Å². The minimum Gasteiger partial charge on any atom is -0.493 e. The number of hydrogen-bond donors (Lipinski definition) is 0. The molecule has 0 unspecified atom stereocenters. The molecule has 1 amide bonds. The van der Waals surface area contributed by atoms with E-state index in [1.165, 1.54) is 12.1 Å². The number of rotatable bonds is 7. The highest BCUT2D eigenvalue weighted by molar-refractivity contribution is 5.76. The number of nitrogens with zero attached hydrogens (tertiary/aromatic N) is 4. The molecule has 0 saturated carbocycles. The lowest BCUT2D eigenvalue weighted by Gasteiger charge is -2.34. The van der Waals surface area contributed by atoms with Crippen molar-refractivity contribution < 1.29 is 27.2 Å². The monoisotopic (exact) mass is 460 g/mol. The van der Waals surface area contributed by atoms with Crippen LogP contribution in [0.25, 0.3) is 11.4 Å². The normalized spacial score (nSPS) is 14.9. The van der Waals surface area contributed by atoms with Gasteiger partial charge in [-0.15, -0.1) is 0 Å². The first-order valence-electron chi connectivity index (χ1n) is 10.6. The smallest absolute Gasteiger partial charge is 0.416 e. The summed E-state index contributed by atoms with van der Waals surface area (Å²) in [5.74, 6) is 1.20. The van der Waals surface area contributed by atoms with Crippen LogP contribution >= 0.6 is 0 Å². The van der Waals surface area contributed by atoms with Crippen LogP contribution in [0.3, 0.4) is 0 Å². The maximum atomic E-state index is 12.9. The van der Waals surface area contributed by atoms with E-state index in [9.17, 15) is 18.0 Å². The number of para-hydroxylation sites is 1. The highest BCUT2D eigenvalue weighted by Crippen LogP contribution is 2.31. The lowest BCUT2D eigenvalue weighted by Crippen LogP contribution is -2.48. The molecule has 1 aromatic heterocycles. The van der Waals surface area contributed by atoms with Gasteiger partial charge < -0.3 is 14.2 Å². The van der Waals surface area contributed by atoms with E-state index >= 15 is 0 Å². The van der Waals surface area contributed by atoms with Crippen LogP contribution in [0.15, 0.2) is 59.1 Å². The lowest BCUT2D eigenvalue weighted by atomic mass is 10.1. The van der Waals surface area contributed by atoms with E-state index in [0.717, 1.165) is 17.9 Å². The highest BCUT2D eigenvalue weighted by atomic mass is 19.4. The molecule has 1 aliphatic heterocycles. The van der Waals surface area contributed by atoms with E-state index in [-0.39, 0.29) is 17.3 Å². The molecule has 1 fully saturated rings. The molecule has 0 spiro atoms. The van der Waals surface area contributed by atoms with Crippen molar-refractivity contribution >= 4 is 5.91 Å². The van der Waals surface area contributed by atoms with Crippen molar-refractivity contribution in [3.63, 3.8) is 0 Å². The van der Waals surface area contributed by atoms with E-state index in [4.69, 9.17) is 9.26 Å². The number of ether oxygens (including phenoxy) is 1. The van der Waals surface area contributed by atoms with Crippen molar-refractivity contribution in [1.82, 2.24) is 19.9 Å². The predicted octanol–water partition coefficient (Wildman–Crippen LogP) is 3.87. The summed E-state index contributed by atoms with van der Waals surface area (Å²) >= 11 is 0. The second-order valence-corrected chi connectivity index (χ2v) is 7.66. The van der Waals surface area contributed by atoms with Crippen LogP contribution in [0, 0.1) is 0 Å². The zero-order chi connectivity index (χ0) is 23.3. The molecule has 7 nitrogen and oxygen atoms in total. The van der Waals surface area contributed by atoms with Crippen molar-refractivity contribution in [3.8, 4) is 17.1 Å². The maximum absolute atomic E-state index is 12.9. The lowest BCUT2D eigenvalue weighted by molar-refractivity contribution is -0.137. The minimum absolute atomic E-state index is 0.0372. The van der Waals surface area contributed by atoms with E-state index in [1.807, 2.05) is 30.3 Å². The Kier molecular flexibility index (Phi) is 6.93. The Balaban J connectivity index is 1.24. The standard InChI is InChI=1S/C23H23F3N4O3/c24-23(25,26)18-6-4-5-17(15-18)22-27-20(33-28-22)16-29-10-12-30(13-11-29)21(31)9-14-32-19-7-2-1-3-8-19/h1-8,15H,9-14,16H2. The number of hydrogen-bond acceptors (Lipinski definition) is 6. The van der Waals surface area contributed by atoms with Gasteiger partial charge >= 0.3 is 6.18 Å². The van der Waals surface area contributed by atoms with Crippen LogP contribution in [0.5, 0.6) is 5.75 Å². The third-order valence-electron chi connectivity index (χ3n) is 5.33. The summed E-state index contributed by atoms with van der Waals surface area (Å²) in [6, 6.07) is 14.2. The number of aromatic nitrogens is 2. The van der Waals surface area contributed by atoms with Crippen molar-refractivity contribution in [3.05, 3.63) is 66.1 Å². The molecule has 3 aromatic rings. The fourth-order valence-corrected chi connectivity index (χ4v) is 3.55.